The lowest BCUT2D eigenvalue weighted by molar-refractivity contribution is -0.0424. The summed E-state index contributed by atoms with van der Waals surface area (Å²) in [6.07, 6.45) is 7.79. The Balaban J connectivity index is 2.59. The molecule has 0 aromatic carbocycles. The van der Waals surface area contributed by atoms with Crippen molar-refractivity contribution in [2.24, 2.45) is 0 Å². The Morgan fingerprint density at radius 1 is 1.40 bits per heavy atom. The van der Waals surface area contributed by atoms with Crippen molar-refractivity contribution in [3.8, 4) is 0 Å². The van der Waals surface area contributed by atoms with Gasteiger partial charge in [0.15, 0.2) is 0 Å². The van der Waals surface area contributed by atoms with E-state index in [4.69, 9.17) is 20.9 Å². The van der Waals surface area contributed by atoms with Gasteiger partial charge in [0, 0.05) is 25.4 Å². The highest BCUT2D eigenvalue weighted by atomic mass is 35.5. The first-order chi connectivity index (χ1) is 11.9. The highest BCUT2D eigenvalue weighted by Crippen LogP contribution is 2.51. The molecular weight excluding hydrogens is 359 g/mol. The van der Waals surface area contributed by atoms with E-state index in [1.165, 1.54) is 11.1 Å². The first-order valence-corrected chi connectivity index (χ1v) is 11.3. The maximum Gasteiger partial charge on any atom is 0.345 e. The van der Waals surface area contributed by atoms with Gasteiger partial charge in [0.2, 0.25) is 0 Å². The van der Waals surface area contributed by atoms with Crippen molar-refractivity contribution in [3.05, 3.63) is 23.3 Å². The summed E-state index contributed by atoms with van der Waals surface area (Å²) in [7, 11) is -3.06. The Morgan fingerprint density at radius 3 is 2.80 bits per heavy atom. The van der Waals surface area contributed by atoms with Gasteiger partial charge in [-0.05, 0) is 40.0 Å². The van der Waals surface area contributed by atoms with Gasteiger partial charge < -0.3 is 9.26 Å². The van der Waals surface area contributed by atoms with Crippen molar-refractivity contribution in [3.63, 3.8) is 0 Å². The van der Waals surface area contributed by atoms with E-state index in [0.717, 1.165) is 19.3 Å². The molecule has 2 atom stereocenters. The highest BCUT2D eigenvalue weighted by molar-refractivity contribution is 7.54. The molecule has 0 amide bonds. The number of alkyl halides is 1. The van der Waals surface area contributed by atoms with E-state index in [2.05, 4.69) is 38.0 Å². The van der Waals surface area contributed by atoms with Gasteiger partial charge in [-0.15, -0.1) is 11.6 Å². The zero-order valence-electron chi connectivity index (χ0n) is 16.1. The molecular formula is C18H34ClN2O3P. The van der Waals surface area contributed by atoms with E-state index in [9.17, 15) is 4.57 Å². The van der Waals surface area contributed by atoms with Crippen molar-refractivity contribution in [2.45, 2.75) is 59.6 Å². The molecule has 146 valence electrons. The lowest BCUT2D eigenvalue weighted by Gasteiger charge is -2.40. The molecule has 1 fully saturated rings. The fraction of sp³-hybridized carbons (Fsp3) is 0.778. The van der Waals surface area contributed by atoms with Gasteiger partial charge in [0.1, 0.15) is 6.23 Å². The van der Waals surface area contributed by atoms with Crippen molar-refractivity contribution >= 4 is 19.3 Å². The van der Waals surface area contributed by atoms with Gasteiger partial charge in [0.05, 0.1) is 13.2 Å². The molecule has 0 saturated carbocycles. The maximum absolute atomic E-state index is 13.1. The van der Waals surface area contributed by atoms with Gasteiger partial charge in [0.25, 0.3) is 0 Å². The molecule has 25 heavy (non-hydrogen) atoms. The van der Waals surface area contributed by atoms with Crippen LogP contribution in [-0.2, 0) is 13.8 Å². The Labute approximate surface area is 158 Å². The number of hydrogen-bond donors (Lipinski definition) is 1. The zero-order chi connectivity index (χ0) is 18.7. The average Bonchev–Trinajstić information content (AvgIpc) is 2.56. The fourth-order valence-corrected chi connectivity index (χ4v) is 5.05. The number of allylic oxidation sites excluding steroid dienone is 3. The van der Waals surface area contributed by atoms with E-state index < -0.39 is 7.67 Å². The quantitative estimate of drug-likeness (QED) is 0.301. The molecule has 1 aliphatic rings. The van der Waals surface area contributed by atoms with Crippen LogP contribution in [0.4, 0.5) is 0 Å². The summed E-state index contributed by atoms with van der Waals surface area (Å²) >= 11 is 5.91. The van der Waals surface area contributed by atoms with Crippen LogP contribution < -0.4 is 5.09 Å². The third-order valence-corrected chi connectivity index (χ3v) is 6.45. The summed E-state index contributed by atoms with van der Waals surface area (Å²) in [6, 6.07) is 0. The first kappa shape index (κ1) is 22.9. The summed E-state index contributed by atoms with van der Waals surface area (Å²) < 4.78 is 26.4. The van der Waals surface area contributed by atoms with E-state index in [0.29, 0.717) is 38.6 Å². The van der Waals surface area contributed by atoms with Gasteiger partial charge in [-0.25, -0.2) is 5.09 Å². The zero-order valence-corrected chi connectivity index (χ0v) is 17.7. The molecule has 1 saturated heterocycles. The summed E-state index contributed by atoms with van der Waals surface area (Å²) in [5.74, 6) is 0.387. The molecule has 5 nitrogen and oxygen atoms in total. The lowest BCUT2D eigenvalue weighted by atomic mass is 10.1. The third-order valence-electron chi connectivity index (χ3n) is 3.99. The fourth-order valence-electron chi connectivity index (χ4n) is 2.58. The van der Waals surface area contributed by atoms with E-state index in [-0.39, 0.29) is 6.23 Å². The Bertz CT molecular complexity index is 493. The predicted octanol–water partition coefficient (Wildman–Crippen LogP) is 5.09. The van der Waals surface area contributed by atoms with Crippen LogP contribution in [0, 0.1) is 0 Å². The number of ether oxygens (including phenoxy) is 1. The Kier molecular flexibility index (Phi) is 11.2. The smallest absolute Gasteiger partial charge is 0.345 e. The summed E-state index contributed by atoms with van der Waals surface area (Å²) in [4.78, 5) is 0. The van der Waals surface area contributed by atoms with Crippen LogP contribution in [-0.4, -0.2) is 43.1 Å². The monoisotopic (exact) mass is 392 g/mol. The van der Waals surface area contributed by atoms with Crippen molar-refractivity contribution in [2.75, 3.05) is 32.2 Å². The Morgan fingerprint density at radius 2 is 2.16 bits per heavy atom. The topological polar surface area (TPSA) is 50.8 Å². The van der Waals surface area contributed by atoms with E-state index in [1.807, 2.05) is 6.92 Å². The molecule has 7 heteroatoms. The number of nitrogens with zero attached hydrogens (tertiary/aromatic N) is 1. The largest absolute Gasteiger partial charge is 0.358 e. The average molecular weight is 393 g/mol. The first-order valence-electron chi connectivity index (χ1n) is 9.16. The molecule has 2 unspecified atom stereocenters. The summed E-state index contributed by atoms with van der Waals surface area (Å²) in [6.45, 7) is 10.4. The van der Waals surface area contributed by atoms with Gasteiger partial charge in [-0.3, -0.25) is 4.57 Å². The van der Waals surface area contributed by atoms with Crippen LogP contribution in [0.2, 0.25) is 0 Å². The number of hydrogen-bond acceptors (Lipinski definition) is 3. The number of rotatable bonds is 11. The molecule has 1 aliphatic heterocycles. The van der Waals surface area contributed by atoms with E-state index in [1.54, 1.807) is 4.67 Å². The van der Waals surface area contributed by atoms with Crippen LogP contribution in [0.15, 0.2) is 23.3 Å². The minimum Gasteiger partial charge on any atom is -0.358 e. The minimum atomic E-state index is -3.06. The van der Waals surface area contributed by atoms with Gasteiger partial charge in [-0.1, -0.05) is 30.2 Å². The molecule has 0 aromatic heterocycles. The normalized spacial score (nSPS) is 25.2. The molecule has 1 N–H and O–H groups in total. The van der Waals surface area contributed by atoms with Crippen LogP contribution in [0.1, 0.15) is 53.4 Å². The molecule has 0 spiro atoms. The van der Waals surface area contributed by atoms with Crippen LogP contribution in [0.5, 0.6) is 0 Å². The minimum absolute atomic E-state index is 0.232. The van der Waals surface area contributed by atoms with Crippen molar-refractivity contribution < 1.29 is 13.8 Å². The standard InChI is InChI=1S/C18H34ClN2O3P/c1-5-12-20-25(22)21(13-11-19)18(10-15-24-25)23-14-9-17(4)8-6-7-16(2)3/h7,9,18H,5-6,8,10-15H2,1-4H3,(H,20,22)/b17-9+. The van der Waals surface area contributed by atoms with Crippen LogP contribution in [0.25, 0.3) is 0 Å². The van der Waals surface area contributed by atoms with Crippen molar-refractivity contribution in [1.82, 2.24) is 9.76 Å². The highest BCUT2D eigenvalue weighted by Gasteiger charge is 2.40. The third kappa shape index (κ3) is 8.38. The lowest BCUT2D eigenvalue weighted by Crippen LogP contribution is -2.44. The van der Waals surface area contributed by atoms with Crippen molar-refractivity contribution in [1.29, 1.82) is 0 Å². The number of nitrogens with one attached hydrogen (secondary N) is 1. The SMILES string of the molecule is CCCNP1(=O)OCCC(OC/C=C(\C)CCC=C(C)C)N1CCCl. The number of halogens is 1. The second-order valence-electron chi connectivity index (χ2n) is 6.56. The van der Waals surface area contributed by atoms with Gasteiger partial charge in [-0.2, -0.15) is 4.67 Å². The summed E-state index contributed by atoms with van der Waals surface area (Å²) in [5, 5.41) is 3.05. The molecule has 0 aromatic rings. The second-order valence-corrected chi connectivity index (χ2v) is 9.07. The maximum atomic E-state index is 13.1. The molecule has 0 radical (unpaired) electrons. The molecule has 0 bridgehead atoms. The molecule has 1 heterocycles. The summed E-state index contributed by atoms with van der Waals surface area (Å²) in [5.41, 5.74) is 2.65. The second kappa shape index (κ2) is 12.3. The van der Waals surface area contributed by atoms with Gasteiger partial charge >= 0.3 is 7.67 Å². The molecule has 1 rings (SSSR count). The Hall–Kier alpha value is -0.160. The van der Waals surface area contributed by atoms with E-state index >= 15 is 0 Å². The van der Waals surface area contributed by atoms with Crippen LogP contribution in [0.3, 0.4) is 0 Å². The van der Waals surface area contributed by atoms with Crippen LogP contribution >= 0.6 is 19.3 Å². The predicted molar refractivity (Wildman–Crippen MR) is 106 cm³/mol. The molecule has 0 aliphatic carbocycles.